The highest BCUT2D eigenvalue weighted by Crippen LogP contribution is 2.61. The number of nitrogens with zero attached hydrogens (tertiary/aromatic N) is 6. The highest BCUT2D eigenvalue weighted by Gasteiger charge is 2.50. The molecular formula is C96H60N6. The van der Waals surface area contributed by atoms with Gasteiger partial charge in [-0.3, -0.25) is 13.7 Å². The average molecular weight is 1300 g/mol. The molecule has 0 bridgehead atoms. The highest BCUT2D eigenvalue weighted by atomic mass is 15.3. The summed E-state index contributed by atoms with van der Waals surface area (Å²) in [5.41, 5.74) is 25.7. The van der Waals surface area contributed by atoms with Gasteiger partial charge in [-0.05, 0) is 155 Å². The maximum Gasteiger partial charge on any atom is 0.241 e. The normalized spacial score (nSPS) is 14.1. The van der Waals surface area contributed by atoms with Gasteiger partial charge < -0.3 is 0 Å². The van der Waals surface area contributed by atoms with E-state index in [0.717, 1.165) is 65.4 Å². The van der Waals surface area contributed by atoms with E-state index < -0.39 is 16.2 Å². The fourth-order valence-electron chi connectivity index (χ4n) is 19.0. The quantitative estimate of drug-likeness (QED) is 0.145. The van der Waals surface area contributed by atoms with E-state index in [1.807, 2.05) is 0 Å². The van der Waals surface area contributed by atoms with Crippen LogP contribution in [0.15, 0.2) is 364 Å². The molecule has 0 spiro atoms. The molecule has 19 aromatic rings. The summed E-state index contributed by atoms with van der Waals surface area (Å²) < 4.78 is 7.00. The van der Waals surface area contributed by atoms with Crippen LogP contribution in [-0.2, 0) is 16.2 Å². The minimum atomic E-state index is -0.672. The monoisotopic (exact) mass is 1300 g/mol. The predicted molar refractivity (Wildman–Crippen MR) is 415 cm³/mol. The van der Waals surface area contributed by atoms with Crippen LogP contribution < -0.4 is 0 Å². The van der Waals surface area contributed by atoms with Gasteiger partial charge in [-0.15, -0.1) is 0 Å². The first-order chi connectivity index (χ1) is 50.6. The Morgan fingerprint density at radius 2 is 0.382 bits per heavy atom. The van der Waals surface area contributed by atoms with Gasteiger partial charge in [-0.2, -0.15) is 15.0 Å². The van der Waals surface area contributed by atoms with Gasteiger partial charge >= 0.3 is 0 Å². The zero-order valence-corrected chi connectivity index (χ0v) is 55.3. The minimum Gasteiger partial charge on any atom is -0.278 e. The molecule has 3 aliphatic carbocycles. The summed E-state index contributed by atoms with van der Waals surface area (Å²) in [6.07, 6.45) is 0. The van der Waals surface area contributed by atoms with Crippen LogP contribution in [0.3, 0.4) is 0 Å². The topological polar surface area (TPSA) is 53.5 Å². The van der Waals surface area contributed by atoms with Gasteiger partial charge in [0.2, 0.25) is 17.8 Å². The van der Waals surface area contributed by atoms with Crippen LogP contribution in [0.2, 0.25) is 0 Å². The summed E-state index contributed by atoms with van der Waals surface area (Å²) in [6, 6.07) is 135. The van der Waals surface area contributed by atoms with Crippen molar-refractivity contribution in [1.82, 2.24) is 28.7 Å². The molecule has 102 heavy (non-hydrogen) atoms. The molecule has 0 atom stereocenters. The van der Waals surface area contributed by atoms with Gasteiger partial charge in [0.25, 0.3) is 0 Å². The van der Waals surface area contributed by atoms with E-state index in [1.54, 1.807) is 0 Å². The van der Waals surface area contributed by atoms with E-state index in [0.29, 0.717) is 17.8 Å². The molecule has 0 unspecified atom stereocenters. The zero-order chi connectivity index (χ0) is 66.8. The second-order valence-electron chi connectivity index (χ2n) is 27.6. The third kappa shape index (κ3) is 7.43. The zero-order valence-electron chi connectivity index (χ0n) is 55.3. The van der Waals surface area contributed by atoms with Gasteiger partial charge in [-0.25, -0.2) is 0 Å². The van der Waals surface area contributed by atoms with E-state index in [4.69, 9.17) is 15.0 Å². The Hall–Kier alpha value is -13.3. The number of benzene rings is 15. The van der Waals surface area contributed by atoms with E-state index in [9.17, 15) is 0 Å². The molecule has 6 heteroatoms. The molecular weight excluding hydrogens is 1240 g/mol. The first kappa shape index (κ1) is 56.7. The molecule has 4 heterocycles. The Labute approximate surface area is 588 Å². The van der Waals surface area contributed by atoms with Gasteiger partial charge in [0, 0.05) is 32.3 Å². The molecule has 474 valence electrons. The van der Waals surface area contributed by atoms with Crippen molar-refractivity contribution >= 4 is 65.4 Å². The fraction of sp³-hybridized carbons (Fsp3) is 0.0312. The van der Waals surface area contributed by atoms with Gasteiger partial charge in [0.1, 0.15) is 0 Å². The van der Waals surface area contributed by atoms with E-state index in [2.05, 4.69) is 378 Å². The number of rotatable bonds is 9. The molecule has 6 nitrogen and oxygen atoms in total. The van der Waals surface area contributed by atoms with Crippen molar-refractivity contribution in [2.75, 3.05) is 0 Å². The van der Waals surface area contributed by atoms with E-state index in [-0.39, 0.29) is 0 Å². The van der Waals surface area contributed by atoms with Gasteiger partial charge in [0.05, 0.1) is 49.3 Å². The molecule has 3 aliphatic rings. The standard InChI is InChI=1S/C96H60N6/c1-7-31-61(32-8-1)94(62-33-9-2-10-34-62)79-49-25-19-43-67(79)73-55-76-70-46-22-28-52-85(70)100(88(76)58-82(73)94)91-97-92(101-86-53-29-23-47-71(86)77-56-74-68-44-20-26-50-80(68)95(83(74)59-89(77)101,63-35-11-3-12-36-63)64-37-13-4-14-38-64)99-93(98-91)102-87-54-30-24-48-72(87)78-57-75-69-45-21-27-51-81(69)96(84(75)60-90(78)102,65-39-15-5-16-40-65)66-41-17-6-18-42-66/h1-60H. The lowest BCUT2D eigenvalue weighted by molar-refractivity contribution is 0.768. The molecule has 0 aliphatic heterocycles. The van der Waals surface area contributed by atoms with Crippen LogP contribution in [0, 0.1) is 0 Å². The second kappa shape index (κ2) is 21.4. The lowest BCUT2D eigenvalue weighted by atomic mass is 9.67. The number of hydrogen-bond acceptors (Lipinski definition) is 3. The minimum absolute atomic E-state index is 0.492. The van der Waals surface area contributed by atoms with E-state index in [1.165, 1.54) is 100 Å². The Balaban J connectivity index is 0.887. The Morgan fingerprint density at radius 1 is 0.167 bits per heavy atom. The Kier molecular flexibility index (Phi) is 11.9. The molecule has 0 fully saturated rings. The van der Waals surface area contributed by atoms with Crippen LogP contribution in [0.4, 0.5) is 0 Å². The fourth-order valence-corrected chi connectivity index (χ4v) is 19.0. The second-order valence-corrected chi connectivity index (χ2v) is 27.6. The maximum absolute atomic E-state index is 6.04. The lowest BCUT2D eigenvalue weighted by Crippen LogP contribution is -2.28. The van der Waals surface area contributed by atoms with Gasteiger partial charge in [-0.1, -0.05) is 309 Å². The molecule has 22 rings (SSSR count). The van der Waals surface area contributed by atoms with Crippen molar-refractivity contribution in [2.24, 2.45) is 0 Å². The van der Waals surface area contributed by atoms with Crippen molar-refractivity contribution in [3.05, 3.63) is 431 Å². The number of fused-ring (bicyclic) bond motifs is 18. The molecule has 15 aromatic carbocycles. The third-order valence-electron chi connectivity index (χ3n) is 23.0. The van der Waals surface area contributed by atoms with Crippen LogP contribution in [0.1, 0.15) is 66.8 Å². The number of para-hydroxylation sites is 3. The van der Waals surface area contributed by atoms with Gasteiger partial charge in [0.15, 0.2) is 0 Å². The average Bonchev–Trinajstić information content (AvgIpc) is 1.53. The molecule has 0 N–H and O–H groups in total. The molecule has 4 aromatic heterocycles. The highest BCUT2D eigenvalue weighted by molar-refractivity contribution is 6.15. The smallest absolute Gasteiger partial charge is 0.241 e. The summed E-state index contributed by atoms with van der Waals surface area (Å²) in [4.78, 5) is 18.1. The van der Waals surface area contributed by atoms with Crippen molar-refractivity contribution < 1.29 is 0 Å². The summed E-state index contributed by atoms with van der Waals surface area (Å²) in [5, 5.41) is 6.62. The first-order valence-corrected chi connectivity index (χ1v) is 35.2. The molecule has 0 radical (unpaired) electrons. The van der Waals surface area contributed by atoms with Crippen molar-refractivity contribution in [3.8, 4) is 51.2 Å². The van der Waals surface area contributed by atoms with E-state index >= 15 is 0 Å². The molecule has 0 saturated carbocycles. The van der Waals surface area contributed by atoms with Crippen molar-refractivity contribution in [2.45, 2.75) is 16.2 Å². The van der Waals surface area contributed by atoms with Crippen molar-refractivity contribution in [1.29, 1.82) is 0 Å². The Morgan fingerprint density at radius 3 is 0.637 bits per heavy atom. The summed E-state index contributed by atoms with van der Waals surface area (Å²) >= 11 is 0. The van der Waals surface area contributed by atoms with Crippen LogP contribution in [-0.4, -0.2) is 28.7 Å². The largest absolute Gasteiger partial charge is 0.278 e. The van der Waals surface area contributed by atoms with Crippen LogP contribution in [0.25, 0.3) is 117 Å². The SMILES string of the molecule is c1ccc(C2(c3ccccc3)c3ccccc3-c3cc4c5ccccc5n(-c5nc(-n6c7ccccc7c7cc8c(cc76)C(c6ccccc6)(c6ccccc6)c6ccccc6-8)nc(-n6c7ccccc7c7cc8c(cc76)C(c6ccccc6)(c6ccccc6)c6ccccc6-8)n5)c4cc32)cc1. The molecule has 0 amide bonds. The van der Waals surface area contributed by atoms with Crippen molar-refractivity contribution in [3.63, 3.8) is 0 Å². The van der Waals surface area contributed by atoms with Crippen LogP contribution >= 0.6 is 0 Å². The number of hydrogen-bond donors (Lipinski definition) is 0. The summed E-state index contributed by atoms with van der Waals surface area (Å²) in [5.74, 6) is 1.48. The summed E-state index contributed by atoms with van der Waals surface area (Å²) in [6.45, 7) is 0. The summed E-state index contributed by atoms with van der Waals surface area (Å²) in [7, 11) is 0. The maximum atomic E-state index is 6.04. The third-order valence-corrected chi connectivity index (χ3v) is 23.0. The van der Waals surface area contributed by atoms with Crippen LogP contribution in [0.5, 0.6) is 0 Å². The lowest BCUT2D eigenvalue weighted by Gasteiger charge is -2.34. The predicted octanol–water partition coefficient (Wildman–Crippen LogP) is 22.3. The number of aromatic nitrogens is 6. The molecule has 0 saturated heterocycles. The first-order valence-electron chi connectivity index (χ1n) is 35.2. The Bertz CT molecular complexity index is 5900.